The largest absolute Gasteiger partial charge is 0.494 e. The number of hydrogen-bond donors (Lipinski definition) is 2. The average Bonchev–Trinajstić information content (AvgIpc) is 3.31. The van der Waals surface area contributed by atoms with Crippen molar-refractivity contribution < 1.29 is 4.74 Å². The van der Waals surface area contributed by atoms with Gasteiger partial charge >= 0.3 is 0 Å². The van der Waals surface area contributed by atoms with E-state index in [2.05, 4.69) is 34.3 Å². The Morgan fingerprint density at radius 3 is 2.56 bits per heavy atom. The van der Waals surface area contributed by atoms with E-state index in [1.54, 1.807) is 0 Å². The molecule has 0 bridgehead atoms. The van der Waals surface area contributed by atoms with Gasteiger partial charge < -0.3 is 19.9 Å². The van der Waals surface area contributed by atoms with E-state index in [0.717, 1.165) is 46.3 Å². The number of nitrogens with zero attached hydrogens (tertiary/aromatic N) is 1. The Hall–Kier alpha value is -2.86. The van der Waals surface area contributed by atoms with Crippen molar-refractivity contribution in [2.45, 2.75) is 59.0 Å². The molecule has 0 unspecified atom stereocenters. The van der Waals surface area contributed by atoms with Gasteiger partial charge in [-0.2, -0.15) is 0 Å². The van der Waals surface area contributed by atoms with Gasteiger partial charge in [0.2, 0.25) is 0 Å². The number of H-pyrrole nitrogens is 1. The van der Waals surface area contributed by atoms with Crippen molar-refractivity contribution in [3.63, 3.8) is 0 Å². The molecule has 0 amide bonds. The van der Waals surface area contributed by atoms with Crippen LogP contribution in [0.2, 0.25) is 0 Å². The second-order valence-corrected chi connectivity index (χ2v) is 8.94. The van der Waals surface area contributed by atoms with Crippen LogP contribution >= 0.6 is 12.2 Å². The molecule has 0 radical (unpaired) electrons. The van der Waals surface area contributed by atoms with Crippen molar-refractivity contribution in [3.8, 4) is 5.75 Å². The third-order valence-electron chi connectivity index (χ3n) is 6.41. The van der Waals surface area contributed by atoms with E-state index in [4.69, 9.17) is 17.0 Å². The molecule has 32 heavy (non-hydrogen) atoms. The van der Waals surface area contributed by atoms with Crippen molar-refractivity contribution in [2.75, 3.05) is 11.9 Å². The Morgan fingerprint density at radius 1 is 1.16 bits per heavy atom. The predicted octanol–water partition coefficient (Wildman–Crippen LogP) is 5.69. The van der Waals surface area contributed by atoms with Crippen molar-refractivity contribution in [3.05, 3.63) is 69.5 Å². The highest BCUT2D eigenvalue weighted by Gasteiger charge is 2.26. The zero-order valence-corrected chi connectivity index (χ0v) is 19.8. The molecule has 6 heteroatoms. The number of hydrogen-bond acceptors (Lipinski definition) is 3. The van der Waals surface area contributed by atoms with Crippen LogP contribution in [-0.4, -0.2) is 27.6 Å². The van der Waals surface area contributed by atoms with Crippen LogP contribution in [0.3, 0.4) is 0 Å². The molecule has 0 aliphatic heterocycles. The highest BCUT2D eigenvalue weighted by atomic mass is 32.1. The highest BCUT2D eigenvalue weighted by molar-refractivity contribution is 7.80. The molecule has 2 aromatic carbocycles. The number of aromatic nitrogens is 1. The lowest BCUT2D eigenvalue weighted by molar-refractivity contribution is 0.311. The molecule has 0 atom stereocenters. The molecule has 1 saturated carbocycles. The van der Waals surface area contributed by atoms with Crippen LogP contribution < -0.4 is 15.6 Å². The van der Waals surface area contributed by atoms with E-state index >= 15 is 0 Å². The Labute approximate surface area is 194 Å². The fraction of sp³-hybridized carbons (Fsp3) is 0.385. The van der Waals surface area contributed by atoms with Crippen LogP contribution in [0.5, 0.6) is 5.75 Å². The third-order valence-corrected chi connectivity index (χ3v) is 6.75. The SMILES string of the molecule is CCOc1ccc(NC(=S)N(Cc2cc3ccc(C)c(C)c3[nH]c2=O)C2CCCC2)cc1. The summed E-state index contributed by atoms with van der Waals surface area (Å²) in [6.07, 6.45) is 4.57. The first-order chi connectivity index (χ1) is 15.5. The molecule has 1 aliphatic carbocycles. The van der Waals surface area contributed by atoms with Crippen LogP contribution in [0.1, 0.15) is 49.3 Å². The summed E-state index contributed by atoms with van der Waals surface area (Å²) in [5.41, 5.74) is 4.82. The lowest BCUT2D eigenvalue weighted by Crippen LogP contribution is -2.42. The number of pyridine rings is 1. The predicted molar refractivity (Wildman–Crippen MR) is 136 cm³/mol. The van der Waals surface area contributed by atoms with Gasteiger partial charge in [0, 0.05) is 17.3 Å². The maximum absolute atomic E-state index is 13.0. The van der Waals surface area contributed by atoms with E-state index in [1.807, 2.05) is 44.2 Å². The first-order valence-corrected chi connectivity index (χ1v) is 11.8. The normalized spacial score (nSPS) is 14.0. The van der Waals surface area contributed by atoms with Gasteiger partial charge in [-0.05, 0) is 92.7 Å². The number of benzene rings is 2. The molecule has 1 fully saturated rings. The second kappa shape index (κ2) is 9.74. The monoisotopic (exact) mass is 449 g/mol. The van der Waals surface area contributed by atoms with Crippen molar-refractivity contribution in [1.82, 2.24) is 9.88 Å². The molecular weight excluding hydrogens is 418 g/mol. The molecule has 1 aliphatic rings. The quantitative estimate of drug-likeness (QED) is 0.474. The zero-order chi connectivity index (χ0) is 22.7. The van der Waals surface area contributed by atoms with Gasteiger partial charge in [-0.1, -0.05) is 25.0 Å². The smallest absolute Gasteiger partial charge is 0.253 e. The number of nitrogens with one attached hydrogen (secondary N) is 2. The Kier molecular flexibility index (Phi) is 6.80. The fourth-order valence-electron chi connectivity index (χ4n) is 4.45. The molecule has 0 spiro atoms. The van der Waals surface area contributed by atoms with Crippen LogP contribution in [-0.2, 0) is 6.54 Å². The summed E-state index contributed by atoms with van der Waals surface area (Å²) in [4.78, 5) is 18.3. The summed E-state index contributed by atoms with van der Waals surface area (Å²) in [6.45, 7) is 7.21. The van der Waals surface area contributed by atoms with Crippen LogP contribution in [0.15, 0.2) is 47.3 Å². The minimum atomic E-state index is -0.0435. The van der Waals surface area contributed by atoms with Gasteiger partial charge in [-0.3, -0.25) is 4.79 Å². The van der Waals surface area contributed by atoms with E-state index < -0.39 is 0 Å². The number of thiocarbonyl (C=S) groups is 1. The molecule has 1 heterocycles. The summed E-state index contributed by atoms with van der Waals surface area (Å²) >= 11 is 5.83. The Balaban J connectivity index is 1.59. The number of ether oxygens (including phenoxy) is 1. The highest BCUT2D eigenvalue weighted by Crippen LogP contribution is 2.27. The average molecular weight is 450 g/mol. The minimum absolute atomic E-state index is 0.0435. The van der Waals surface area contributed by atoms with Crippen LogP contribution in [0.25, 0.3) is 10.9 Å². The minimum Gasteiger partial charge on any atom is -0.494 e. The fourth-order valence-corrected chi connectivity index (χ4v) is 4.78. The number of anilines is 1. The van der Waals surface area contributed by atoms with E-state index in [-0.39, 0.29) is 5.56 Å². The molecule has 1 aromatic heterocycles. The van der Waals surface area contributed by atoms with Crippen LogP contribution in [0.4, 0.5) is 5.69 Å². The van der Waals surface area contributed by atoms with Gasteiger partial charge in [-0.15, -0.1) is 0 Å². The maximum Gasteiger partial charge on any atom is 0.253 e. The maximum atomic E-state index is 13.0. The number of rotatable bonds is 6. The third kappa shape index (κ3) is 4.80. The molecular formula is C26H31N3O2S. The summed E-state index contributed by atoms with van der Waals surface area (Å²) in [5, 5.41) is 5.08. The molecule has 0 saturated heterocycles. The lowest BCUT2D eigenvalue weighted by atomic mass is 10.0. The Morgan fingerprint density at radius 2 is 1.88 bits per heavy atom. The number of fused-ring (bicyclic) bond motifs is 1. The molecule has 2 N–H and O–H groups in total. The number of aryl methyl sites for hydroxylation is 2. The molecule has 5 nitrogen and oxygen atoms in total. The zero-order valence-electron chi connectivity index (χ0n) is 19.0. The summed E-state index contributed by atoms with van der Waals surface area (Å²) in [5.74, 6) is 0.838. The van der Waals surface area contributed by atoms with Gasteiger partial charge in [0.15, 0.2) is 5.11 Å². The van der Waals surface area contributed by atoms with Gasteiger partial charge in [-0.25, -0.2) is 0 Å². The summed E-state index contributed by atoms with van der Waals surface area (Å²) in [7, 11) is 0. The van der Waals surface area contributed by atoms with Crippen LogP contribution in [0, 0.1) is 13.8 Å². The molecule has 4 rings (SSSR count). The van der Waals surface area contributed by atoms with E-state index in [9.17, 15) is 4.79 Å². The molecule has 168 valence electrons. The first-order valence-electron chi connectivity index (χ1n) is 11.4. The lowest BCUT2D eigenvalue weighted by Gasteiger charge is -2.31. The van der Waals surface area contributed by atoms with Gasteiger partial charge in [0.05, 0.1) is 18.7 Å². The Bertz CT molecular complexity index is 1160. The van der Waals surface area contributed by atoms with Crippen molar-refractivity contribution >= 4 is 33.9 Å². The standard InChI is InChI=1S/C26H31N3O2S/c1-4-31-23-13-11-21(12-14-23)27-26(32)29(22-7-5-6-8-22)16-20-15-19-10-9-17(2)18(3)24(19)28-25(20)30/h9-15,22H,4-8,16H2,1-3H3,(H,27,32)(H,28,30). The first kappa shape index (κ1) is 22.3. The van der Waals surface area contributed by atoms with Gasteiger partial charge in [0.25, 0.3) is 5.56 Å². The van der Waals surface area contributed by atoms with E-state index in [1.165, 1.54) is 18.4 Å². The second-order valence-electron chi connectivity index (χ2n) is 8.55. The van der Waals surface area contributed by atoms with Crippen molar-refractivity contribution in [2.24, 2.45) is 0 Å². The van der Waals surface area contributed by atoms with Crippen molar-refractivity contribution in [1.29, 1.82) is 0 Å². The topological polar surface area (TPSA) is 57.4 Å². The van der Waals surface area contributed by atoms with E-state index in [0.29, 0.717) is 24.3 Å². The number of aromatic amines is 1. The van der Waals surface area contributed by atoms with Gasteiger partial charge in [0.1, 0.15) is 5.75 Å². The molecule has 3 aromatic rings. The summed E-state index contributed by atoms with van der Waals surface area (Å²) < 4.78 is 5.53. The summed E-state index contributed by atoms with van der Waals surface area (Å²) in [6, 6.07) is 14.4.